The molecule has 9 aromatic rings. The number of fused-ring (bicyclic) bond motifs is 3. The number of ether oxygens (including phenoxy) is 6. The molecule has 0 radical (unpaired) electrons. The Bertz CT molecular complexity index is 4820. The van der Waals surface area contributed by atoms with Crippen molar-refractivity contribution in [1.82, 2.24) is 60.8 Å². The van der Waals surface area contributed by atoms with Crippen LogP contribution in [0.5, 0.6) is 34.9 Å². The van der Waals surface area contributed by atoms with Crippen molar-refractivity contribution < 1.29 is 60.8 Å². The molecule has 4 amide bonds. The minimum Gasteiger partial charge on any atom is -0.508 e. The SMILES string of the molecule is C#Cc1cncnc1.CC[C@@H]1[C@H](F)C(=O)N[C@@H]1COc1ncc(C#Cc2cncnc2)c2cc(C(N)=O)c(OC)cc12.[C-]#[N+]c1cc2c(Br)cnc(OC[C@H]3NC(=O)[C@@H](F)[C@H]3CC)c2cc1OC.[C-]#[N+]c1cc2c(C#Cc3cncnc3)cnc(OC[C@H]3NC(=O)[C@@H](F)[C@H]3CC)c2cc1OC. The van der Waals surface area contributed by atoms with Crippen molar-refractivity contribution in [3.63, 3.8) is 0 Å². The molecule has 0 spiro atoms. The van der Waals surface area contributed by atoms with E-state index in [-0.39, 0.29) is 42.9 Å². The van der Waals surface area contributed by atoms with E-state index < -0.39 is 78.0 Å². The van der Waals surface area contributed by atoms with Gasteiger partial charge in [-0.3, -0.25) is 19.2 Å². The van der Waals surface area contributed by atoms with Gasteiger partial charge in [0.15, 0.2) is 18.5 Å². The van der Waals surface area contributed by atoms with Gasteiger partial charge in [0.05, 0.1) is 86.0 Å². The van der Waals surface area contributed by atoms with E-state index >= 15 is 0 Å². The van der Waals surface area contributed by atoms with Crippen molar-refractivity contribution in [2.24, 2.45) is 23.5 Å². The van der Waals surface area contributed by atoms with Crippen LogP contribution in [-0.2, 0) is 14.4 Å². The van der Waals surface area contributed by atoms with Crippen LogP contribution >= 0.6 is 15.9 Å². The summed E-state index contributed by atoms with van der Waals surface area (Å²) in [6.07, 6.45) is 20.3. The lowest BCUT2D eigenvalue weighted by atomic mass is 9.97. The van der Waals surface area contributed by atoms with E-state index in [1.807, 2.05) is 20.8 Å². The van der Waals surface area contributed by atoms with Gasteiger partial charge in [-0.1, -0.05) is 50.4 Å². The van der Waals surface area contributed by atoms with Gasteiger partial charge in [0.2, 0.25) is 29.0 Å². The molecular formula is C72H63BrF3N15O10. The number of carbonyl (C=O) groups excluding carboxylic acids is 4. The largest absolute Gasteiger partial charge is 0.508 e. The molecule has 0 aliphatic carbocycles. The number of pyridine rings is 3. The first-order chi connectivity index (χ1) is 48.9. The zero-order valence-electron chi connectivity index (χ0n) is 55.0. The number of aromatic nitrogens is 9. The number of nitrogens with zero attached hydrogens (tertiary/aromatic N) is 11. The highest BCUT2D eigenvalue weighted by Crippen LogP contribution is 2.41. The first-order valence-corrected chi connectivity index (χ1v) is 31.9. The van der Waals surface area contributed by atoms with E-state index in [0.29, 0.717) is 103 Å². The molecule has 0 unspecified atom stereocenters. The third-order valence-corrected chi connectivity index (χ3v) is 17.1. The van der Waals surface area contributed by atoms with E-state index in [0.717, 1.165) is 9.86 Å². The number of amides is 4. The van der Waals surface area contributed by atoms with E-state index in [1.54, 1.807) is 86.0 Å². The maximum Gasteiger partial charge on any atom is 0.255 e. The molecule has 29 heteroatoms. The fourth-order valence-corrected chi connectivity index (χ4v) is 11.7. The molecule has 5 N–H and O–H groups in total. The number of primary amides is 1. The summed E-state index contributed by atoms with van der Waals surface area (Å²) >= 11 is 3.43. The van der Waals surface area contributed by atoms with Gasteiger partial charge in [0.25, 0.3) is 23.6 Å². The number of halogens is 4. The maximum atomic E-state index is 14.1. The average molecular weight is 1440 g/mol. The fraction of sp³-hybridized carbons (Fsp3) is 0.292. The molecule has 514 valence electrons. The Morgan fingerprint density at radius 1 is 0.515 bits per heavy atom. The van der Waals surface area contributed by atoms with E-state index in [2.05, 4.69) is 116 Å². The standard InChI is InChI=1S/C24H22FN5O4.C24H20FN5O3.C18H17BrFN3O3.C6H4N2/c1-3-15-19(30-23(32)21(15)25)11-34-24-17-7-20(33-2)18(22(26)31)6-16(17)14(10-29-24)5-4-13-8-27-12-28-9-13;1-4-16-20(30-23(31)22(16)25)12-33-24-18-8-21(32-3)19(26-2)7-17(18)15(11-29-24)6-5-14-9-27-13-28-10-14;1-4-9-14(23-17(24)16(9)20)8-26-18-11-6-15(25-3)13(21-2)5-10(11)12(19)7-22-18;1-2-6-3-7-5-8-4-6/h6-10,12,15,19,21H,3,11H2,1-2H3,(H2,26,31)(H,30,32);7-11,13,16,20,22H,4,12H2,1,3H3,(H,30,31);5-7,9,14,16H,4,8H2,1,3H3,(H,23,24);1,3-5H/t15-,19+,21-;16-,20+,22-;9-,14+,16-;/m000./s1. The van der Waals surface area contributed by atoms with Crippen molar-refractivity contribution in [3.8, 4) is 70.9 Å². The number of nitrogens with two attached hydrogens (primary N) is 1. The Labute approximate surface area is 586 Å². The number of hydrogen-bond acceptors (Lipinski definition) is 19. The summed E-state index contributed by atoms with van der Waals surface area (Å²) in [6.45, 7) is 20.4. The first kappa shape index (κ1) is 73.0. The third kappa shape index (κ3) is 17.2. The van der Waals surface area contributed by atoms with Crippen LogP contribution in [0.3, 0.4) is 0 Å². The number of terminal acetylenes is 1. The first-order valence-electron chi connectivity index (χ1n) is 31.1. The highest BCUT2D eigenvalue weighted by atomic mass is 79.9. The summed E-state index contributed by atoms with van der Waals surface area (Å²) in [5.74, 6) is 12.4. The Hall–Kier alpha value is -12.3. The predicted molar refractivity (Wildman–Crippen MR) is 368 cm³/mol. The highest BCUT2D eigenvalue weighted by molar-refractivity contribution is 9.10. The third-order valence-electron chi connectivity index (χ3n) is 16.5. The molecule has 0 saturated carbocycles. The summed E-state index contributed by atoms with van der Waals surface area (Å²) in [7, 11) is 4.38. The zero-order chi connectivity index (χ0) is 72.3. The average Bonchev–Trinajstić information content (AvgIpc) is 1.62. The van der Waals surface area contributed by atoms with Crippen molar-refractivity contribution >= 4 is 83.3 Å². The second-order valence-electron chi connectivity index (χ2n) is 22.4. The van der Waals surface area contributed by atoms with Gasteiger partial charge >= 0.3 is 0 Å². The fourth-order valence-electron chi connectivity index (χ4n) is 11.2. The Balaban J connectivity index is 0.000000168. The lowest BCUT2D eigenvalue weighted by Gasteiger charge is -2.19. The number of methoxy groups -OCH3 is 3. The van der Waals surface area contributed by atoms with Crippen molar-refractivity contribution in [2.45, 2.75) is 76.7 Å². The molecule has 6 aromatic heterocycles. The highest BCUT2D eigenvalue weighted by Gasteiger charge is 2.44. The van der Waals surface area contributed by atoms with Crippen LogP contribution in [0.1, 0.15) is 78.2 Å². The van der Waals surface area contributed by atoms with Gasteiger partial charge < -0.3 is 50.1 Å². The van der Waals surface area contributed by atoms with Crippen molar-refractivity contribution in [3.05, 3.63) is 172 Å². The van der Waals surface area contributed by atoms with Gasteiger partial charge in [-0.05, 0) is 82.4 Å². The quantitative estimate of drug-likeness (QED) is 0.0517. The Morgan fingerprint density at radius 2 is 0.861 bits per heavy atom. The summed E-state index contributed by atoms with van der Waals surface area (Å²) in [5, 5.41) is 11.7. The second kappa shape index (κ2) is 34.3. The minimum absolute atomic E-state index is 0.0268. The van der Waals surface area contributed by atoms with Crippen LogP contribution < -0.4 is 50.1 Å². The molecule has 0 bridgehead atoms. The number of hydrogen-bond donors (Lipinski definition) is 4. The monoisotopic (exact) mass is 1430 g/mol. The summed E-state index contributed by atoms with van der Waals surface area (Å²) in [6, 6.07) is 8.53. The van der Waals surface area contributed by atoms with E-state index in [4.69, 9.17) is 53.7 Å². The Kier molecular flexibility index (Phi) is 24.8. The molecule has 3 saturated heterocycles. The lowest BCUT2D eigenvalue weighted by molar-refractivity contribution is -0.124. The van der Waals surface area contributed by atoms with Gasteiger partial charge in [-0.25, -0.2) is 67.7 Å². The molecule has 25 nitrogen and oxygen atoms in total. The summed E-state index contributed by atoms with van der Waals surface area (Å²) in [4.78, 5) is 90.3. The van der Waals surface area contributed by atoms with Gasteiger partial charge in [0, 0.05) is 99.5 Å². The molecule has 3 aromatic carbocycles. The van der Waals surface area contributed by atoms with Gasteiger partial charge in [0.1, 0.15) is 56.1 Å². The molecule has 12 rings (SSSR count). The number of alkyl halides is 3. The number of carbonyl (C=O) groups is 4. The summed E-state index contributed by atoms with van der Waals surface area (Å²) in [5.41, 5.74) is 9.46. The van der Waals surface area contributed by atoms with Gasteiger partial charge in [-0.15, -0.1) is 6.42 Å². The number of benzene rings is 3. The topological polar surface area (TPSA) is 310 Å². The molecule has 9 heterocycles. The van der Waals surface area contributed by atoms with Crippen LogP contribution in [0, 0.1) is 66.9 Å². The molecule has 3 aliphatic heterocycles. The van der Waals surface area contributed by atoms with E-state index in [9.17, 15) is 32.3 Å². The van der Waals surface area contributed by atoms with Crippen molar-refractivity contribution in [1.29, 1.82) is 0 Å². The molecule has 3 aliphatic rings. The molecule has 101 heavy (non-hydrogen) atoms. The molecule has 9 atom stereocenters. The Morgan fingerprint density at radius 3 is 1.21 bits per heavy atom. The smallest absolute Gasteiger partial charge is 0.255 e. The van der Waals surface area contributed by atoms with Crippen LogP contribution in [0.4, 0.5) is 24.5 Å². The molecular weight excluding hydrogens is 1370 g/mol. The van der Waals surface area contributed by atoms with Crippen molar-refractivity contribution in [2.75, 3.05) is 41.2 Å². The lowest BCUT2D eigenvalue weighted by Crippen LogP contribution is -2.34. The zero-order valence-corrected chi connectivity index (χ0v) is 56.6. The van der Waals surface area contributed by atoms with Crippen LogP contribution in [-0.4, -0.2) is 146 Å². The normalized spacial score (nSPS) is 19.1. The van der Waals surface area contributed by atoms with Gasteiger partial charge in [-0.2, -0.15) is 0 Å². The minimum atomic E-state index is -1.57. The van der Waals surface area contributed by atoms with E-state index in [1.165, 1.54) is 46.5 Å². The predicted octanol–water partition coefficient (Wildman–Crippen LogP) is 9.26. The number of rotatable bonds is 16. The summed E-state index contributed by atoms with van der Waals surface area (Å²) < 4.78 is 76.5. The van der Waals surface area contributed by atoms with Crippen LogP contribution in [0.15, 0.2) is 116 Å². The number of nitrogens with one attached hydrogen (secondary N) is 3. The maximum absolute atomic E-state index is 14.1. The molecule has 3 fully saturated rings. The second-order valence-corrected chi connectivity index (χ2v) is 23.3. The van der Waals surface area contributed by atoms with Crippen LogP contribution in [0.2, 0.25) is 0 Å². The van der Waals surface area contributed by atoms with Crippen LogP contribution in [0.25, 0.3) is 42.0 Å².